The quantitative estimate of drug-likeness (QED) is 0.581. The van der Waals surface area contributed by atoms with Gasteiger partial charge in [0, 0.05) is 31.5 Å². The normalized spacial score (nSPS) is 15.1. The minimum atomic E-state index is -0.503. The largest absolute Gasteiger partial charge is 0.486 e. The standard InChI is InChI=1S/C26H22FN3O4/c1-29(2)19-8-10-20(11-9-19)30-25(31)23(16-3-5-17(27)6-4-16)24(26(30)32)28-18-7-12-21-22(15-18)34-14-13-33-21/h3-12,15,28H,13-14H2,1-2H3. The van der Waals surface area contributed by atoms with Crippen LogP contribution in [0.5, 0.6) is 11.5 Å². The number of carbonyl (C=O) groups excluding carboxylic acids is 2. The molecule has 0 fully saturated rings. The van der Waals surface area contributed by atoms with E-state index in [2.05, 4.69) is 5.32 Å². The number of amides is 2. The van der Waals surface area contributed by atoms with E-state index in [1.165, 1.54) is 24.3 Å². The summed E-state index contributed by atoms with van der Waals surface area (Å²) in [5.41, 5.74) is 2.64. The van der Waals surface area contributed by atoms with E-state index in [0.29, 0.717) is 41.7 Å². The molecule has 0 aliphatic carbocycles. The van der Waals surface area contributed by atoms with Crippen molar-refractivity contribution in [2.75, 3.05) is 42.4 Å². The first kappa shape index (κ1) is 21.5. The summed E-state index contributed by atoms with van der Waals surface area (Å²) in [6, 6.07) is 17.8. The molecule has 3 aromatic carbocycles. The van der Waals surface area contributed by atoms with Crippen LogP contribution in [0.1, 0.15) is 5.56 Å². The first-order valence-corrected chi connectivity index (χ1v) is 10.8. The Bertz CT molecular complexity index is 1300. The topological polar surface area (TPSA) is 71.1 Å². The summed E-state index contributed by atoms with van der Waals surface area (Å²) in [6.07, 6.45) is 0. The molecule has 3 aromatic rings. The van der Waals surface area contributed by atoms with Crippen molar-refractivity contribution in [3.05, 3.63) is 83.8 Å². The van der Waals surface area contributed by atoms with Crippen molar-refractivity contribution < 1.29 is 23.5 Å². The van der Waals surface area contributed by atoms with Crippen molar-refractivity contribution in [2.24, 2.45) is 0 Å². The van der Waals surface area contributed by atoms with Crippen molar-refractivity contribution in [1.82, 2.24) is 0 Å². The molecule has 2 aliphatic rings. The molecule has 7 nitrogen and oxygen atoms in total. The Balaban J connectivity index is 1.55. The maximum absolute atomic E-state index is 13.6. The van der Waals surface area contributed by atoms with Gasteiger partial charge in [-0.05, 0) is 54.1 Å². The van der Waals surface area contributed by atoms with Gasteiger partial charge in [0.1, 0.15) is 24.7 Å². The Morgan fingerprint density at radius 1 is 0.853 bits per heavy atom. The molecule has 1 N–H and O–H groups in total. The summed E-state index contributed by atoms with van der Waals surface area (Å²) in [7, 11) is 3.81. The minimum absolute atomic E-state index is 0.102. The number of hydrogen-bond acceptors (Lipinski definition) is 6. The zero-order valence-electron chi connectivity index (χ0n) is 18.7. The number of carbonyl (C=O) groups is 2. The summed E-state index contributed by atoms with van der Waals surface area (Å²) in [6.45, 7) is 0.891. The fraction of sp³-hybridized carbons (Fsp3) is 0.154. The van der Waals surface area contributed by atoms with Gasteiger partial charge in [-0.3, -0.25) is 9.59 Å². The molecule has 5 rings (SSSR count). The third-order valence-electron chi connectivity index (χ3n) is 5.65. The van der Waals surface area contributed by atoms with E-state index in [9.17, 15) is 14.0 Å². The van der Waals surface area contributed by atoms with Gasteiger partial charge in [0.25, 0.3) is 11.8 Å². The van der Waals surface area contributed by atoms with Crippen LogP contribution < -0.4 is 24.6 Å². The maximum Gasteiger partial charge on any atom is 0.282 e. The molecule has 0 spiro atoms. The number of ether oxygens (including phenoxy) is 2. The molecule has 0 saturated carbocycles. The van der Waals surface area contributed by atoms with Crippen LogP contribution in [-0.4, -0.2) is 39.1 Å². The van der Waals surface area contributed by atoms with Crippen LogP contribution in [0.2, 0.25) is 0 Å². The van der Waals surface area contributed by atoms with Gasteiger partial charge in [0.15, 0.2) is 11.5 Å². The number of benzene rings is 3. The van der Waals surface area contributed by atoms with Gasteiger partial charge in [-0.1, -0.05) is 12.1 Å². The van der Waals surface area contributed by atoms with Gasteiger partial charge >= 0.3 is 0 Å². The number of anilines is 3. The Hall–Kier alpha value is -4.33. The molecule has 0 atom stereocenters. The molecule has 2 amide bonds. The van der Waals surface area contributed by atoms with Crippen molar-refractivity contribution in [1.29, 1.82) is 0 Å². The van der Waals surface area contributed by atoms with Crippen molar-refractivity contribution in [2.45, 2.75) is 0 Å². The lowest BCUT2D eigenvalue weighted by Gasteiger charge is -2.19. The Labute approximate surface area is 196 Å². The number of nitrogens with one attached hydrogen (secondary N) is 1. The van der Waals surface area contributed by atoms with Crippen LogP contribution in [0.25, 0.3) is 5.57 Å². The van der Waals surface area contributed by atoms with E-state index >= 15 is 0 Å². The molecule has 0 saturated heterocycles. The lowest BCUT2D eigenvalue weighted by atomic mass is 10.0. The lowest BCUT2D eigenvalue weighted by Crippen LogP contribution is -2.32. The highest BCUT2D eigenvalue weighted by molar-refractivity contribution is 6.46. The molecule has 0 unspecified atom stereocenters. The van der Waals surface area contributed by atoms with Crippen LogP contribution in [-0.2, 0) is 9.59 Å². The number of fused-ring (bicyclic) bond motifs is 1. The van der Waals surface area contributed by atoms with E-state index in [0.717, 1.165) is 10.6 Å². The average molecular weight is 459 g/mol. The summed E-state index contributed by atoms with van der Waals surface area (Å²) in [4.78, 5) is 30.1. The summed E-state index contributed by atoms with van der Waals surface area (Å²) in [5, 5.41) is 3.09. The van der Waals surface area contributed by atoms with Gasteiger partial charge in [0.05, 0.1) is 11.3 Å². The third kappa shape index (κ3) is 3.83. The average Bonchev–Trinajstić information content (AvgIpc) is 3.08. The zero-order chi connectivity index (χ0) is 23.8. The monoisotopic (exact) mass is 459 g/mol. The van der Waals surface area contributed by atoms with Gasteiger partial charge in [-0.15, -0.1) is 0 Å². The second-order valence-electron chi connectivity index (χ2n) is 8.10. The smallest absolute Gasteiger partial charge is 0.282 e. The molecule has 34 heavy (non-hydrogen) atoms. The molecule has 8 heteroatoms. The van der Waals surface area contributed by atoms with Crippen molar-refractivity contribution in [3.63, 3.8) is 0 Å². The highest BCUT2D eigenvalue weighted by Crippen LogP contribution is 2.37. The molecule has 2 aliphatic heterocycles. The van der Waals surface area contributed by atoms with Crippen molar-refractivity contribution in [3.8, 4) is 11.5 Å². The van der Waals surface area contributed by atoms with Gasteiger partial charge in [-0.25, -0.2) is 9.29 Å². The first-order chi connectivity index (χ1) is 16.4. The highest BCUT2D eigenvalue weighted by Gasteiger charge is 2.40. The highest BCUT2D eigenvalue weighted by atomic mass is 19.1. The van der Waals surface area contributed by atoms with E-state index in [-0.39, 0.29) is 11.3 Å². The van der Waals surface area contributed by atoms with Crippen LogP contribution in [0, 0.1) is 5.82 Å². The zero-order valence-corrected chi connectivity index (χ0v) is 18.7. The molecule has 0 radical (unpaired) electrons. The predicted molar refractivity (Wildman–Crippen MR) is 128 cm³/mol. The third-order valence-corrected chi connectivity index (χ3v) is 5.65. The van der Waals surface area contributed by atoms with E-state index in [1.54, 1.807) is 30.3 Å². The molecule has 0 aromatic heterocycles. The van der Waals surface area contributed by atoms with E-state index in [1.807, 2.05) is 31.1 Å². The SMILES string of the molecule is CN(C)c1ccc(N2C(=O)C(Nc3ccc4c(c3)OCCO4)=C(c3ccc(F)cc3)C2=O)cc1. The molecule has 2 heterocycles. The number of imide groups is 1. The predicted octanol–water partition coefficient (Wildman–Crippen LogP) is 4.06. The lowest BCUT2D eigenvalue weighted by molar-refractivity contribution is -0.120. The van der Waals surface area contributed by atoms with Crippen LogP contribution in [0.15, 0.2) is 72.4 Å². The molecular formula is C26H22FN3O4. The Morgan fingerprint density at radius 3 is 2.21 bits per heavy atom. The Morgan fingerprint density at radius 2 is 1.53 bits per heavy atom. The second kappa shape index (κ2) is 8.55. The minimum Gasteiger partial charge on any atom is -0.486 e. The summed E-state index contributed by atoms with van der Waals surface area (Å²) >= 11 is 0. The summed E-state index contributed by atoms with van der Waals surface area (Å²) < 4.78 is 24.8. The Kier molecular flexibility index (Phi) is 5.41. The number of rotatable bonds is 5. The fourth-order valence-corrected chi connectivity index (χ4v) is 3.93. The van der Waals surface area contributed by atoms with Crippen LogP contribution in [0.3, 0.4) is 0 Å². The molecule has 0 bridgehead atoms. The van der Waals surface area contributed by atoms with Gasteiger partial charge in [0.2, 0.25) is 0 Å². The first-order valence-electron chi connectivity index (χ1n) is 10.8. The summed E-state index contributed by atoms with van der Waals surface area (Å²) in [5.74, 6) is -0.265. The molecule has 172 valence electrons. The number of nitrogens with zero attached hydrogens (tertiary/aromatic N) is 2. The van der Waals surface area contributed by atoms with Crippen LogP contribution in [0.4, 0.5) is 21.5 Å². The maximum atomic E-state index is 13.6. The second-order valence-corrected chi connectivity index (χ2v) is 8.10. The van der Waals surface area contributed by atoms with Crippen molar-refractivity contribution >= 4 is 34.4 Å². The van der Waals surface area contributed by atoms with E-state index < -0.39 is 17.6 Å². The number of halogens is 1. The van der Waals surface area contributed by atoms with Gasteiger partial charge < -0.3 is 19.7 Å². The number of hydrogen-bond donors (Lipinski definition) is 1. The van der Waals surface area contributed by atoms with E-state index in [4.69, 9.17) is 9.47 Å². The molecular weight excluding hydrogens is 437 g/mol. The fourth-order valence-electron chi connectivity index (χ4n) is 3.93. The van der Waals surface area contributed by atoms with Gasteiger partial charge in [-0.2, -0.15) is 0 Å². The van der Waals surface area contributed by atoms with Crippen LogP contribution >= 0.6 is 0 Å².